The van der Waals surface area contributed by atoms with Gasteiger partial charge in [-0.05, 0) is 54.6 Å². The van der Waals surface area contributed by atoms with Gasteiger partial charge < -0.3 is 13.6 Å². The lowest BCUT2D eigenvalue weighted by Gasteiger charge is -2.11. The monoisotopic (exact) mass is 652 g/mol. The minimum Gasteiger partial charge on any atom is -0.452 e. The zero-order valence-corrected chi connectivity index (χ0v) is 27.4. The molecule has 0 bridgehead atoms. The van der Waals surface area contributed by atoms with Gasteiger partial charge in [-0.2, -0.15) is 0 Å². The molecule has 11 aromatic rings. The average molecular weight is 653 g/mol. The maximum Gasteiger partial charge on any atom is 0.180 e. The standard InChI is InChI=1S/C46H28N4O/c1-3-13-30(14-4-1)46-47-42(45-43(48-46)36-19-9-12-22-40(36)51-45)29-23-25-32(26-24-29)49-38-21-11-8-18-35(38)41-39(49)28-27-34-33-17-7-10-20-37(33)50(44(34)41)31-15-5-2-6-16-31/h1-28H. The molecule has 0 atom stereocenters. The summed E-state index contributed by atoms with van der Waals surface area (Å²) in [6.45, 7) is 0. The molecule has 0 radical (unpaired) electrons. The van der Waals surface area contributed by atoms with E-state index in [-0.39, 0.29) is 0 Å². The number of nitrogens with zero attached hydrogens (tertiary/aromatic N) is 4. The summed E-state index contributed by atoms with van der Waals surface area (Å²) in [5, 5.41) is 5.92. The Bertz CT molecular complexity index is 3120. The van der Waals surface area contributed by atoms with Crippen molar-refractivity contribution in [2.75, 3.05) is 0 Å². The van der Waals surface area contributed by atoms with Crippen molar-refractivity contribution in [1.29, 1.82) is 0 Å². The van der Waals surface area contributed by atoms with E-state index in [4.69, 9.17) is 14.4 Å². The smallest absolute Gasteiger partial charge is 0.180 e. The molecule has 0 spiro atoms. The molecule has 0 unspecified atom stereocenters. The number of aromatic nitrogens is 4. The summed E-state index contributed by atoms with van der Waals surface area (Å²) >= 11 is 0. The first-order chi connectivity index (χ1) is 25.3. The molecule has 0 aliphatic heterocycles. The molecule has 0 aliphatic rings. The molecule has 0 aliphatic carbocycles. The van der Waals surface area contributed by atoms with Crippen LogP contribution in [-0.4, -0.2) is 19.1 Å². The van der Waals surface area contributed by atoms with Gasteiger partial charge in [-0.25, -0.2) is 9.97 Å². The number of para-hydroxylation sites is 4. The van der Waals surface area contributed by atoms with Gasteiger partial charge in [0.25, 0.3) is 0 Å². The maximum atomic E-state index is 6.43. The molecule has 0 N–H and O–H groups in total. The van der Waals surface area contributed by atoms with Gasteiger partial charge in [0.15, 0.2) is 11.4 Å². The number of hydrogen-bond acceptors (Lipinski definition) is 3. The summed E-state index contributed by atoms with van der Waals surface area (Å²) in [5.41, 5.74) is 12.0. The quantitative estimate of drug-likeness (QED) is 0.190. The summed E-state index contributed by atoms with van der Waals surface area (Å²) in [7, 11) is 0. The SMILES string of the molecule is c1ccc(-c2nc(-c3ccc(-n4c5ccccc5c5c4ccc4c6ccccc6n(-c6ccccc6)c45)cc3)c3oc4ccccc4c3n2)cc1. The third-order valence-corrected chi connectivity index (χ3v) is 10.1. The van der Waals surface area contributed by atoms with Crippen molar-refractivity contribution in [3.63, 3.8) is 0 Å². The molecular weight excluding hydrogens is 625 g/mol. The fourth-order valence-electron chi connectivity index (χ4n) is 7.90. The number of hydrogen-bond donors (Lipinski definition) is 0. The highest BCUT2D eigenvalue weighted by molar-refractivity contribution is 6.26. The van der Waals surface area contributed by atoms with E-state index >= 15 is 0 Å². The number of rotatable bonds is 4. The summed E-state index contributed by atoms with van der Waals surface area (Å²) in [4.78, 5) is 10.1. The predicted molar refractivity (Wildman–Crippen MR) is 209 cm³/mol. The third kappa shape index (κ3) is 4.09. The highest BCUT2D eigenvalue weighted by atomic mass is 16.3. The lowest BCUT2D eigenvalue weighted by atomic mass is 10.1. The summed E-state index contributed by atoms with van der Waals surface area (Å²) < 4.78 is 11.2. The summed E-state index contributed by atoms with van der Waals surface area (Å²) in [5.74, 6) is 0.675. The molecule has 51 heavy (non-hydrogen) atoms. The van der Waals surface area contributed by atoms with Gasteiger partial charge >= 0.3 is 0 Å². The minimum atomic E-state index is 0.675. The Balaban J connectivity index is 1.15. The van der Waals surface area contributed by atoms with Gasteiger partial charge in [-0.15, -0.1) is 0 Å². The van der Waals surface area contributed by atoms with Crippen molar-refractivity contribution in [3.8, 4) is 34.0 Å². The van der Waals surface area contributed by atoms with E-state index in [1.807, 2.05) is 48.5 Å². The van der Waals surface area contributed by atoms with Crippen LogP contribution in [0.2, 0.25) is 0 Å². The first-order valence-corrected chi connectivity index (χ1v) is 17.2. The van der Waals surface area contributed by atoms with Crippen LogP contribution < -0.4 is 0 Å². The Morgan fingerprint density at radius 1 is 0.412 bits per heavy atom. The van der Waals surface area contributed by atoms with Crippen LogP contribution in [0, 0.1) is 0 Å². The van der Waals surface area contributed by atoms with Crippen molar-refractivity contribution >= 4 is 65.7 Å². The molecule has 5 nitrogen and oxygen atoms in total. The van der Waals surface area contributed by atoms with Crippen molar-refractivity contribution < 1.29 is 4.42 Å². The largest absolute Gasteiger partial charge is 0.452 e. The van der Waals surface area contributed by atoms with E-state index in [1.54, 1.807) is 0 Å². The van der Waals surface area contributed by atoms with E-state index in [0.717, 1.165) is 55.7 Å². The number of furan rings is 1. The molecule has 11 rings (SSSR count). The zero-order valence-electron chi connectivity index (χ0n) is 27.4. The van der Waals surface area contributed by atoms with Crippen molar-refractivity contribution in [3.05, 3.63) is 170 Å². The molecular formula is C46H28N4O. The second-order valence-electron chi connectivity index (χ2n) is 13.0. The maximum absolute atomic E-state index is 6.43. The van der Waals surface area contributed by atoms with Crippen molar-refractivity contribution in [2.45, 2.75) is 0 Å². The molecule has 0 saturated carbocycles. The minimum absolute atomic E-state index is 0.675. The van der Waals surface area contributed by atoms with E-state index < -0.39 is 0 Å². The topological polar surface area (TPSA) is 48.8 Å². The van der Waals surface area contributed by atoms with Crippen LogP contribution in [0.25, 0.3) is 99.7 Å². The van der Waals surface area contributed by atoms with Crippen LogP contribution in [0.4, 0.5) is 0 Å². The second kappa shape index (κ2) is 10.8. The van der Waals surface area contributed by atoms with Crippen molar-refractivity contribution in [1.82, 2.24) is 19.1 Å². The van der Waals surface area contributed by atoms with Gasteiger partial charge in [0.2, 0.25) is 0 Å². The first kappa shape index (κ1) is 27.9. The molecule has 4 heterocycles. The Labute approximate surface area is 292 Å². The second-order valence-corrected chi connectivity index (χ2v) is 13.0. The van der Waals surface area contributed by atoms with E-state index in [0.29, 0.717) is 11.4 Å². The van der Waals surface area contributed by atoms with Gasteiger partial charge in [0.1, 0.15) is 16.8 Å². The molecule has 0 fully saturated rings. The lowest BCUT2D eigenvalue weighted by Crippen LogP contribution is -1.96. The highest BCUT2D eigenvalue weighted by Gasteiger charge is 2.22. The normalized spacial score (nSPS) is 11.9. The zero-order chi connectivity index (χ0) is 33.5. The van der Waals surface area contributed by atoms with E-state index in [9.17, 15) is 0 Å². The molecule has 4 aromatic heterocycles. The first-order valence-electron chi connectivity index (χ1n) is 17.2. The van der Waals surface area contributed by atoms with Crippen LogP contribution in [0.5, 0.6) is 0 Å². The molecule has 238 valence electrons. The molecule has 0 amide bonds. The Morgan fingerprint density at radius 2 is 1.04 bits per heavy atom. The fourth-order valence-corrected chi connectivity index (χ4v) is 7.90. The van der Waals surface area contributed by atoms with E-state index in [1.165, 1.54) is 32.6 Å². The van der Waals surface area contributed by atoms with Gasteiger partial charge in [0, 0.05) is 49.4 Å². The summed E-state index contributed by atoms with van der Waals surface area (Å²) in [6.07, 6.45) is 0. The Hall–Kier alpha value is -6.98. The lowest BCUT2D eigenvalue weighted by molar-refractivity contribution is 0.667. The van der Waals surface area contributed by atoms with Crippen LogP contribution in [0.1, 0.15) is 0 Å². The predicted octanol–water partition coefficient (Wildman–Crippen LogP) is 11.9. The molecule has 7 aromatic carbocycles. The third-order valence-electron chi connectivity index (χ3n) is 10.1. The van der Waals surface area contributed by atoms with E-state index in [2.05, 4.69) is 130 Å². The Morgan fingerprint density at radius 3 is 1.82 bits per heavy atom. The fraction of sp³-hybridized carbons (Fsp3) is 0. The Kier molecular flexibility index (Phi) is 5.89. The van der Waals surface area contributed by atoms with Crippen LogP contribution >= 0.6 is 0 Å². The number of benzene rings is 7. The number of fused-ring (bicyclic) bond motifs is 10. The van der Waals surface area contributed by atoms with Crippen LogP contribution in [-0.2, 0) is 0 Å². The van der Waals surface area contributed by atoms with Gasteiger partial charge in [-0.1, -0.05) is 115 Å². The summed E-state index contributed by atoms with van der Waals surface area (Å²) in [6, 6.07) is 59.6. The van der Waals surface area contributed by atoms with Crippen molar-refractivity contribution in [2.24, 2.45) is 0 Å². The molecule has 5 heteroatoms. The van der Waals surface area contributed by atoms with Gasteiger partial charge in [-0.3, -0.25) is 0 Å². The van der Waals surface area contributed by atoms with Crippen LogP contribution in [0.15, 0.2) is 174 Å². The van der Waals surface area contributed by atoms with Crippen LogP contribution in [0.3, 0.4) is 0 Å². The molecule has 0 saturated heterocycles. The average Bonchev–Trinajstić information content (AvgIpc) is 3.86. The van der Waals surface area contributed by atoms with Gasteiger partial charge in [0.05, 0.1) is 22.1 Å². The highest BCUT2D eigenvalue weighted by Crippen LogP contribution is 2.42.